The van der Waals surface area contributed by atoms with Crippen molar-refractivity contribution < 1.29 is 9.90 Å². The van der Waals surface area contributed by atoms with Gasteiger partial charge in [0.15, 0.2) is 0 Å². The topological polar surface area (TPSA) is 65.5 Å². The minimum Gasteiger partial charge on any atom is -0.396 e. The van der Waals surface area contributed by atoms with Gasteiger partial charge in [0.1, 0.15) is 0 Å². The van der Waals surface area contributed by atoms with Crippen molar-refractivity contribution in [2.24, 2.45) is 5.41 Å². The third kappa shape index (κ3) is 5.48. The van der Waals surface area contributed by atoms with Gasteiger partial charge in [-0.2, -0.15) is 0 Å². The Kier molecular flexibility index (Phi) is 7.03. The number of urea groups is 1. The molecule has 2 rings (SSSR count). The predicted octanol–water partition coefficient (Wildman–Crippen LogP) is 3.51. The summed E-state index contributed by atoms with van der Waals surface area (Å²) < 4.78 is 0. The lowest BCUT2D eigenvalue weighted by molar-refractivity contribution is 0.146. The van der Waals surface area contributed by atoms with Crippen molar-refractivity contribution in [3.8, 4) is 0 Å². The Labute approximate surface area is 145 Å². The van der Waals surface area contributed by atoms with Crippen LogP contribution in [0.4, 0.5) is 4.79 Å². The highest BCUT2D eigenvalue weighted by Crippen LogP contribution is 2.29. The first-order valence-corrected chi connectivity index (χ1v) is 9.09. The van der Waals surface area contributed by atoms with E-state index in [1.165, 1.54) is 12.0 Å². The van der Waals surface area contributed by atoms with Crippen LogP contribution in [0.3, 0.4) is 0 Å². The highest BCUT2D eigenvalue weighted by atomic mass is 16.3. The van der Waals surface area contributed by atoms with E-state index in [9.17, 15) is 9.90 Å². The first-order chi connectivity index (χ1) is 11.5. The molecule has 2 amide bonds. The van der Waals surface area contributed by atoms with Crippen LogP contribution in [-0.4, -0.2) is 40.7 Å². The predicted molar refractivity (Wildman–Crippen MR) is 95.7 cm³/mol. The summed E-state index contributed by atoms with van der Waals surface area (Å²) in [6.45, 7) is 5.73. The molecule has 1 aromatic rings. The Bertz CT molecular complexity index is 505. The molecule has 134 valence electrons. The number of nitrogens with zero attached hydrogens (tertiary/aromatic N) is 2. The molecule has 1 atom stereocenters. The van der Waals surface area contributed by atoms with Crippen molar-refractivity contribution in [1.29, 1.82) is 0 Å². The first-order valence-electron chi connectivity index (χ1n) is 9.09. The van der Waals surface area contributed by atoms with E-state index in [-0.39, 0.29) is 24.1 Å². The van der Waals surface area contributed by atoms with Crippen LogP contribution in [0.5, 0.6) is 0 Å². The maximum atomic E-state index is 12.7. The van der Waals surface area contributed by atoms with Gasteiger partial charge in [-0.05, 0) is 48.8 Å². The van der Waals surface area contributed by atoms with Crippen molar-refractivity contribution in [1.82, 2.24) is 15.2 Å². The molecule has 1 aliphatic rings. The number of amides is 2. The molecule has 1 unspecified atom stereocenters. The minimum atomic E-state index is -0.0765. The molecule has 5 nitrogen and oxygen atoms in total. The first kappa shape index (κ1) is 18.7. The minimum absolute atomic E-state index is 0.0283. The van der Waals surface area contributed by atoms with E-state index in [2.05, 4.69) is 10.3 Å². The normalized spacial score (nSPS) is 19.0. The summed E-state index contributed by atoms with van der Waals surface area (Å²) in [5, 5.41) is 12.4. The Morgan fingerprint density at radius 1 is 1.33 bits per heavy atom. The Morgan fingerprint density at radius 3 is 2.79 bits per heavy atom. The third-order valence-electron chi connectivity index (χ3n) is 4.84. The summed E-state index contributed by atoms with van der Waals surface area (Å²) in [7, 11) is 0. The number of nitrogens with one attached hydrogen (secondary N) is 1. The van der Waals surface area contributed by atoms with Gasteiger partial charge in [-0.1, -0.05) is 26.7 Å². The number of aliphatic hydroxyl groups excluding tert-OH is 1. The monoisotopic (exact) mass is 333 g/mol. The number of carbonyl (C=O) groups excluding carboxylic acids is 1. The van der Waals surface area contributed by atoms with Crippen LogP contribution in [0.15, 0.2) is 24.5 Å². The molecular weight excluding hydrogens is 302 g/mol. The van der Waals surface area contributed by atoms with E-state index < -0.39 is 0 Å². The average molecular weight is 333 g/mol. The van der Waals surface area contributed by atoms with Crippen molar-refractivity contribution in [3.63, 3.8) is 0 Å². The van der Waals surface area contributed by atoms with Crippen molar-refractivity contribution in [2.75, 3.05) is 19.7 Å². The lowest BCUT2D eigenvalue weighted by Gasteiger charge is -2.30. The summed E-state index contributed by atoms with van der Waals surface area (Å²) in [6.07, 6.45) is 9.78. The lowest BCUT2D eigenvalue weighted by Crippen LogP contribution is -2.42. The van der Waals surface area contributed by atoms with Crippen molar-refractivity contribution in [2.45, 2.75) is 58.4 Å². The second-order valence-electron chi connectivity index (χ2n) is 7.50. The highest BCUT2D eigenvalue weighted by molar-refractivity contribution is 5.74. The Hall–Kier alpha value is -1.62. The fourth-order valence-corrected chi connectivity index (χ4v) is 3.23. The van der Waals surface area contributed by atoms with Crippen molar-refractivity contribution >= 4 is 6.03 Å². The largest absolute Gasteiger partial charge is 0.396 e. The fourth-order valence-electron chi connectivity index (χ4n) is 3.23. The van der Waals surface area contributed by atoms with Crippen molar-refractivity contribution in [3.05, 3.63) is 30.1 Å². The van der Waals surface area contributed by atoms with Crippen LogP contribution < -0.4 is 5.32 Å². The fraction of sp³-hybridized carbons (Fsp3) is 0.684. The molecule has 2 heterocycles. The summed E-state index contributed by atoms with van der Waals surface area (Å²) in [5.74, 6) is 0. The van der Waals surface area contributed by atoms with E-state index in [0.717, 1.165) is 38.6 Å². The summed E-state index contributed by atoms with van der Waals surface area (Å²) in [4.78, 5) is 18.7. The number of aliphatic hydroxyl groups is 1. The average Bonchev–Trinajstić information content (AvgIpc) is 2.85. The van der Waals surface area contributed by atoms with Gasteiger partial charge in [0.25, 0.3) is 0 Å². The van der Waals surface area contributed by atoms with Gasteiger partial charge in [-0.15, -0.1) is 0 Å². The van der Waals surface area contributed by atoms with E-state index in [0.29, 0.717) is 6.54 Å². The number of aromatic nitrogens is 1. The molecule has 1 fully saturated rings. The second-order valence-corrected chi connectivity index (χ2v) is 7.50. The summed E-state index contributed by atoms with van der Waals surface area (Å²) in [5.41, 5.74) is 1.09. The number of rotatable bonds is 6. The maximum Gasteiger partial charge on any atom is 0.317 e. The third-order valence-corrected chi connectivity index (χ3v) is 4.84. The lowest BCUT2D eigenvalue weighted by atomic mass is 9.89. The molecule has 1 aliphatic heterocycles. The smallest absolute Gasteiger partial charge is 0.317 e. The molecule has 0 aliphatic carbocycles. The molecular formula is C19H31N3O2. The second kappa shape index (κ2) is 9.02. The van der Waals surface area contributed by atoms with Crippen LogP contribution in [0.2, 0.25) is 0 Å². The van der Waals surface area contributed by atoms with Crippen LogP contribution in [0.25, 0.3) is 0 Å². The molecule has 1 saturated heterocycles. The number of likely N-dealkylation sites (tertiary alicyclic amines) is 1. The van der Waals surface area contributed by atoms with E-state index in [4.69, 9.17) is 0 Å². The van der Waals surface area contributed by atoms with Crippen LogP contribution in [0, 0.1) is 5.41 Å². The Morgan fingerprint density at radius 2 is 2.08 bits per heavy atom. The maximum absolute atomic E-state index is 12.7. The van der Waals surface area contributed by atoms with E-state index in [1.807, 2.05) is 30.9 Å². The number of hydrogen-bond donors (Lipinski definition) is 2. The summed E-state index contributed by atoms with van der Waals surface area (Å²) in [6, 6.07) is 4.20. The molecule has 5 heteroatoms. The molecule has 0 saturated carbocycles. The van der Waals surface area contributed by atoms with Crippen LogP contribution in [0.1, 0.15) is 64.0 Å². The summed E-state index contributed by atoms with van der Waals surface area (Å²) >= 11 is 0. The quantitative estimate of drug-likeness (QED) is 0.783. The molecule has 0 bridgehead atoms. The zero-order valence-corrected chi connectivity index (χ0v) is 15.0. The van der Waals surface area contributed by atoms with Crippen LogP contribution in [-0.2, 0) is 0 Å². The highest BCUT2D eigenvalue weighted by Gasteiger charge is 2.26. The van der Waals surface area contributed by atoms with E-state index >= 15 is 0 Å². The van der Waals surface area contributed by atoms with Crippen LogP contribution >= 0.6 is 0 Å². The van der Waals surface area contributed by atoms with Gasteiger partial charge >= 0.3 is 6.03 Å². The zero-order valence-electron chi connectivity index (χ0n) is 15.0. The standard InChI is InChI=1S/C19H31N3O2/c1-19(2,15-23)10-6-11-21-18(24)22-14-5-3-4-7-17(22)16-8-12-20-13-9-16/h8-9,12-13,17,23H,3-7,10-11,14-15H2,1-2H3,(H,21,24). The molecule has 1 aromatic heterocycles. The molecule has 24 heavy (non-hydrogen) atoms. The molecule has 2 N–H and O–H groups in total. The number of pyridine rings is 1. The molecule has 0 spiro atoms. The zero-order chi connectivity index (χ0) is 17.4. The van der Waals surface area contributed by atoms with Gasteiger partial charge < -0.3 is 15.3 Å². The van der Waals surface area contributed by atoms with Gasteiger partial charge in [-0.25, -0.2) is 4.79 Å². The van der Waals surface area contributed by atoms with E-state index in [1.54, 1.807) is 12.4 Å². The molecule has 0 radical (unpaired) electrons. The van der Waals surface area contributed by atoms with Gasteiger partial charge in [0.2, 0.25) is 0 Å². The van der Waals surface area contributed by atoms with Gasteiger partial charge in [0.05, 0.1) is 6.04 Å². The Balaban J connectivity index is 1.92. The SMILES string of the molecule is CC(C)(CO)CCCNC(=O)N1CCCCCC1c1ccncc1. The number of carbonyl (C=O) groups is 1. The van der Waals surface area contributed by atoms with Gasteiger partial charge in [-0.3, -0.25) is 4.98 Å². The molecule has 0 aromatic carbocycles. The van der Waals surface area contributed by atoms with Gasteiger partial charge in [0, 0.05) is 32.1 Å². The number of hydrogen-bond acceptors (Lipinski definition) is 3.